The molecule has 1 atom stereocenters. The number of likely N-dealkylation sites (tertiary alicyclic amines) is 1. The van der Waals surface area contributed by atoms with Gasteiger partial charge >= 0.3 is 0 Å². The number of nitrogens with zero attached hydrogens (tertiary/aromatic N) is 3. The van der Waals surface area contributed by atoms with Gasteiger partial charge in [0.15, 0.2) is 5.16 Å². The molecule has 1 saturated heterocycles. The van der Waals surface area contributed by atoms with Gasteiger partial charge in [0.25, 0.3) is 0 Å². The molecule has 1 aromatic heterocycles. The number of rotatable bonds is 5. The molecule has 1 aromatic carbocycles. The van der Waals surface area contributed by atoms with Crippen molar-refractivity contribution in [2.75, 3.05) is 25.4 Å². The summed E-state index contributed by atoms with van der Waals surface area (Å²) in [6.07, 6.45) is 0.903. The summed E-state index contributed by atoms with van der Waals surface area (Å²) >= 11 is 1.50. The van der Waals surface area contributed by atoms with Crippen molar-refractivity contribution >= 4 is 28.7 Å². The summed E-state index contributed by atoms with van der Waals surface area (Å²) in [4.78, 5) is 18.8. The predicted molar refractivity (Wildman–Crippen MR) is 87.9 cm³/mol. The van der Waals surface area contributed by atoms with Gasteiger partial charge in [0.2, 0.25) is 5.91 Å². The van der Waals surface area contributed by atoms with E-state index in [0.717, 1.165) is 35.7 Å². The van der Waals surface area contributed by atoms with Gasteiger partial charge in [0, 0.05) is 32.2 Å². The van der Waals surface area contributed by atoms with E-state index in [2.05, 4.69) is 22.5 Å². The normalized spacial score (nSPS) is 18.3. The summed E-state index contributed by atoms with van der Waals surface area (Å²) in [6, 6.07) is 8.05. The molecule has 2 heterocycles. The van der Waals surface area contributed by atoms with Crippen LogP contribution in [0, 0.1) is 5.92 Å². The Bertz CT molecular complexity index is 670. The van der Waals surface area contributed by atoms with Crippen LogP contribution in [0.1, 0.15) is 13.3 Å². The van der Waals surface area contributed by atoms with Crippen LogP contribution in [0.25, 0.3) is 11.0 Å². The highest BCUT2D eigenvalue weighted by molar-refractivity contribution is 7.99. The molecular formula is C16H21N3O2S. The third kappa shape index (κ3) is 2.98. The van der Waals surface area contributed by atoms with E-state index in [0.29, 0.717) is 12.3 Å². The van der Waals surface area contributed by atoms with Gasteiger partial charge in [-0.1, -0.05) is 23.9 Å². The van der Waals surface area contributed by atoms with Gasteiger partial charge in [-0.15, -0.1) is 0 Å². The van der Waals surface area contributed by atoms with Gasteiger partial charge in [-0.05, 0) is 25.5 Å². The first-order valence-electron chi connectivity index (χ1n) is 7.69. The second kappa shape index (κ2) is 6.71. The molecule has 1 aliphatic heterocycles. The molecule has 118 valence electrons. The van der Waals surface area contributed by atoms with Crippen LogP contribution in [-0.2, 0) is 11.3 Å². The molecule has 0 saturated carbocycles. The average molecular weight is 319 g/mol. The fraction of sp³-hybridized carbons (Fsp3) is 0.500. The van der Waals surface area contributed by atoms with Crippen LogP contribution >= 0.6 is 11.8 Å². The fourth-order valence-electron chi connectivity index (χ4n) is 2.89. The van der Waals surface area contributed by atoms with E-state index in [1.165, 1.54) is 11.8 Å². The van der Waals surface area contributed by atoms with Crippen LogP contribution in [0.15, 0.2) is 29.4 Å². The first-order chi connectivity index (χ1) is 10.7. The van der Waals surface area contributed by atoms with Crippen LogP contribution < -0.4 is 0 Å². The summed E-state index contributed by atoms with van der Waals surface area (Å²) in [5, 5.41) is 10.1. The zero-order chi connectivity index (χ0) is 15.5. The number of amides is 1. The van der Waals surface area contributed by atoms with Gasteiger partial charge in [0.1, 0.15) is 0 Å². The smallest absolute Gasteiger partial charge is 0.233 e. The zero-order valence-corrected chi connectivity index (χ0v) is 13.6. The monoisotopic (exact) mass is 319 g/mol. The standard InChI is InChI=1S/C16H21N3O2S/c1-2-19-14-6-4-3-5-13(14)17-16(19)22-11-15(21)18-8-7-12(9-18)10-20/h3-6,12,20H,2,7-11H2,1H3. The number of imidazole rings is 1. The molecule has 0 bridgehead atoms. The van der Waals surface area contributed by atoms with Crippen LogP contribution in [0.3, 0.4) is 0 Å². The molecule has 22 heavy (non-hydrogen) atoms. The molecule has 1 amide bonds. The molecule has 1 fully saturated rings. The number of para-hydroxylation sites is 2. The van der Waals surface area contributed by atoms with Crippen molar-refractivity contribution in [3.63, 3.8) is 0 Å². The number of aliphatic hydroxyl groups excluding tert-OH is 1. The van der Waals surface area contributed by atoms with Crippen LogP contribution in [-0.4, -0.2) is 50.9 Å². The van der Waals surface area contributed by atoms with Crippen LogP contribution in [0.5, 0.6) is 0 Å². The van der Waals surface area contributed by atoms with E-state index in [-0.39, 0.29) is 18.4 Å². The van der Waals surface area contributed by atoms with Gasteiger partial charge in [-0.25, -0.2) is 4.98 Å². The van der Waals surface area contributed by atoms with Crippen molar-refractivity contribution in [2.24, 2.45) is 5.92 Å². The highest BCUT2D eigenvalue weighted by atomic mass is 32.2. The highest BCUT2D eigenvalue weighted by Crippen LogP contribution is 2.25. The van der Waals surface area contributed by atoms with Gasteiger partial charge in [0.05, 0.1) is 16.8 Å². The summed E-state index contributed by atoms with van der Waals surface area (Å²) in [5.41, 5.74) is 2.09. The molecule has 1 N–H and O–H groups in total. The Morgan fingerprint density at radius 3 is 3.00 bits per heavy atom. The number of carbonyl (C=O) groups is 1. The van der Waals surface area contributed by atoms with Crippen LogP contribution in [0.2, 0.25) is 0 Å². The van der Waals surface area contributed by atoms with Crippen molar-refractivity contribution in [2.45, 2.75) is 25.0 Å². The maximum atomic E-state index is 12.3. The lowest BCUT2D eigenvalue weighted by Gasteiger charge is -2.15. The lowest BCUT2D eigenvalue weighted by molar-refractivity contribution is -0.127. The molecule has 2 aromatic rings. The molecule has 0 spiro atoms. The minimum atomic E-state index is 0.135. The van der Waals surface area contributed by atoms with E-state index >= 15 is 0 Å². The Labute approximate surface area is 134 Å². The van der Waals surface area contributed by atoms with Crippen LogP contribution in [0.4, 0.5) is 0 Å². The van der Waals surface area contributed by atoms with Crippen molar-refractivity contribution in [3.8, 4) is 0 Å². The molecule has 1 aliphatic rings. The maximum Gasteiger partial charge on any atom is 0.233 e. The summed E-state index contributed by atoms with van der Waals surface area (Å²) in [6.45, 7) is 4.54. The third-order valence-electron chi connectivity index (χ3n) is 4.16. The summed E-state index contributed by atoms with van der Waals surface area (Å²) < 4.78 is 2.15. The molecule has 5 nitrogen and oxygen atoms in total. The predicted octanol–water partition coefficient (Wildman–Crippen LogP) is 1.99. The Morgan fingerprint density at radius 2 is 2.27 bits per heavy atom. The molecular weight excluding hydrogens is 298 g/mol. The Kier molecular flexibility index (Phi) is 4.69. The van der Waals surface area contributed by atoms with Gasteiger partial charge in [-0.2, -0.15) is 0 Å². The number of carbonyl (C=O) groups excluding carboxylic acids is 1. The lowest BCUT2D eigenvalue weighted by atomic mass is 10.1. The minimum Gasteiger partial charge on any atom is -0.396 e. The minimum absolute atomic E-state index is 0.135. The Balaban J connectivity index is 1.67. The van der Waals surface area contributed by atoms with E-state index < -0.39 is 0 Å². The van der Waals surface area contributed by atoms with Gasteiger partial charge in [-0.3, -0.25) is 4.79 Å². The number of hydrogen-bond acceptors (Lipinski definition) is 4. The number of fused-ring (bicyclic) bond motifs is 1. The first kappa shape index (κ1) is 15.4. The van der Waals surface area contributed by atoms with Crippen molar-refractivity contribution < 1.29 is 9.90 Å². The van der Waals surface area contributed by atoms with Crippen molar-refractivity contribution in [3.05, 3.63) is 24.3 Å². The van der Waals surface area contributed by atoms with Gasteiger partial charge < -0.3 is 14.6 Å². The zero-order valence-electron chi connectivity index (χ0n) is 12.7. The number of aromatic nitrogens is 2. The van der Waals surface area contributed by atoms with E-state index in [1.807, 2.05) is 23.1 Å². The second-order valence-electron chi connectivity index (χ2n) is 5.59. The number of thioether (sulfide) groups is 1. The van der Waals surface area contributed by atoms with Crippen molar-refractivity contribution in [1.82, 2.24) is 14.5 Å². The van der Waals surface area contributed by atoms with E-state index in [4.69, 9.17) is 5.11 Å². The number of hydrogen-bond donors (Lipinski definition) is 1. The molecule has 0 aliphatic carbocycles. The quantitative estimate of drug-likeness (QED) is 0.856. The summed E-state index contributed by atoms with van der Waals surface area (Å²) in [5.74, 6) is 0.784. The highest BCUT2D eigenvalue weighted by Gasteiger charge is 2.25. The van der Waals surface area contributed by atoms with E-state index in [9.17, 15) is 4.79 Å². The molecule has 6 heteroatoms. The molecule has 0 radical (unpaired) electrons. The first-order valence-corrected chi connectivity index (χ1v) is 8.68. The van der Waals surface area contributed by atoms with Crippen molar-refractivity contribution in [1.29, 1.82) is 0 Å². The Hall–Kier alpha value is -1.53. The number of aryl methyl sites for hydroxylation is 1. The fourth-order valence-corrected chi connectivity index (χ4v) is 3.88. The van der Waals surface area contributed by atoms with E-state index in [1.54, 1.807) is 0 Å². The Morgan fingerprint density at radius 1 is 1.45 bits per heavy atom. The topological polar surface area (TPSA) is 58.4 Å². The lowest BCUT2D eigenvalue weighted by Crippen LogP contribution is -2.30. The largest absolute Gasteiger partial charge is 0.396 e. The SMILES string of the molecule is CCn1c(SCC(=O)N2CCC(CO)C2)nc2ccccc21. The number of aliphatic hydroxyl groups is 1. The molecule has 3 rings (SSSR count). The average Bonchev–Trinajstić information content (AvgIpc) is 3.16. The summed E-state index contributed by atoms with van der Waals surface area (Å²) in [7, 11) is 0. The second-order valence-corrected chi connectivity index (χ2v) is 6.54. The molecule has 1 unspecified atom stereocenters. The maximum absolute atomic E-state index is 12.3. The number of benzene rings is 1. The third-order valence-corrected chi connectivity index (χ3v) is 5.12.